The van der Waals surface area contributed by atoms with Crippen LogP contribution in [0, 0.1) is 0 Å². The van der Waals surface area contributed by atoms with Crippen LogP contribution in [-0.4, -0.2) is 18.2 Å². The Bertz CT molecular complexity index is 635. The molecule has 1 heterocycles. The van der Waals surface area contributed by atoms with Crippen LogP contribution in [0.3, 0.4) is 0 Å². The highest BCUT2D eigenvalue weighted by Gasteiger charge is 2.28. The van der Waals surface area contributed by atoms with Gasteiger partial charge in [-0.05, 0) is 36.4 Å². The van der Waals surface area contributed by atoms with Crippen LogP contribution in [0.5, 0.6) is 0 Å². The number of ketones is 1. The third-order valence-corrected chi connectivity index (χ3v) is 3.23. The van der Waals surface area contributed by atoms with Crippen molar-refractivity contribution in [1.29, 1.82) is 0 Å². The first-order chi connectivity index (χ1) is 9.72. The van der Waals surface area contributed by atoms with Gasteiger partial charge in [-0.2, -0.15) is 0 Å². The van der Waals surface area contributed by atoms with E-state index in [2.05, 4.69) is 5.32 Å². The van der Waals surface area contributed by atoms with Gasteiger partial charge in [0.25, 0.3) is 0 Å². The summed E-state index contributed by atoms with van der Waals surface area (Å²) >= 11 is 0. The van der Waals surface area contributed by atoms with Crippen molar-refractivity contribution in [2.75, 3.05) is 16.8 Å². The Labute approximate surface area is 117 Å². The Balaban J connectivity index is 1.75. The van der Waals surface area contributed by atoms with Crippen molar-refractivity contribution in [1.82, 2.24) is 0 Å². The van der Waals surface area contributed by atoms with Gasteiger partial charge in [0.05, 0.1) is 13.0 Å². The lowest BCUT2D eigenvalue weighted by Crippen LogP contribution is -2.24. The maximum atomic E-state index is 11.7. The zero-order chi connectivity index (χ0) is 13.9. The van der Waals surface area contributed by atoms with Gasteiger partial charge >= 0.3 is 0 Å². The molecule has 0 aromatic heterocycles. The molecule has 0 radical (unpaired) electrons. The van der Waals surface area contributed by atoms with Crippen LogP contribution in [-0.2, 0) is 9.59 Å². The molecule has 0 spiro atoms. The van der Waals surface area contributed by atoms with E-state index in [-0.39, 0.29) is 24.7 Å². The summed E-state index contributed by atoms with van der Waals surface area (Å²) in [6.45, 7) is 0.185. The fourth-order valence-electron chi connectivity index (χ4n) is 2.23. The first kappa shape index (κ1) is 12.4. The number of carbonyl (C=O) groups is 2. The fourth-order valence-corrected chi connectivity index (χ4v) is 2.23. The van der Waals surface area contributed by atoms with Gasteiger partial charge in [0.1, 0.15) is 0 Å². The van der Waals surface area contributed by atoms with E-state index < -0.39 is 0 Å². The molecule has 0 bridgehead atoms. The van der Waals surface area contributed by atoms with E-state index in [9.17, 15) is 9.59 Å². The highest BCUT2D eigenvalue weighted by Crippen LogP contribution is 2.23. The zero-order valence-electron chi connectivity index (χ0n) is 10.9. The van der Waals surface area contributed by atoms with Crippen molar-refractivity contribution in [2.24, 2.45) is 0 Å². The maximum absolute atomic E-state index is 11.7. The Kier molecular flexibility index (Phi) is 3.21. The zero-order valence-corrected chi connectivity index (χ0v) is 10.9. The minimum absolute atomic E-state index is 0.0179. The van der Waals surface area contributed by atoms with E-state index in [4.69, 9.17) is 0 Å². The van der Waals surface area contributed by atoms with E-state index >= 15 is 0 Å². The number of hydrogen-bond donors (Lipinski definition) is 1. The summed E-state index contributed by atoms with van der Waals surface area (Å²) in [5, 5.41) is 3.27. The van der Waals surface area contributed by atoms with Crippen LogP contribution < -0.4 is 10.2 Å². The van der Waals surface area contributed by atoms with Crippen LogP contribution in [0.1, 0.15) is 6.42 Å². The summed E-state index contributed by atoms with van der Waals surface area (Å²) in [7, 11) is 0. The molecule has 1 aliphatic heterocycles. The molecular weight excluding hydrogens is 252 g/mol. The summed E-state index contributed by atoms with van der Waals surface area (Å²) in [6.07, 6.45) is 0.0179. The van der Waals surface area contributed by atoms with Crippen molar-refractivity contribution in [2.45, 2.75) is 6.42 Å². The molecule has 0 aliphatic carbocycles. The maximum Gasteiger partial charge on any atom is 0.234 e. The average Bonchev–Trinajstić information content (AvgIpc) is 2.80. The molecule has 0 atom stereocenters. The minimum atomic E-state index is -0.126. The standard InChI is InChI=1S/C16H14N2O2/c19-15-10-16(20)18(11-15)14-8-6-13(7-9-14)17-12-4-2-1-3-5-12/h1-9,17H,10-11H2. The van der Waals surface area contributed by atoms with Gasteiger partial charge < -0.3 is 10.2 Å². The molecule has 100 valence electrons. The van der Waals surface area contributed by atoms with Gasteiger partial charge in [-0.15, -0.1) is 0 Å². The van der Waals surface area contributed by atoms with Gasteiger partial charge in [-0.25, -0.2) is 0 Å². The number of hydrogen-bond acceptors (Lipinski definition) is 3. The predicted molar refractivity (Wildman–Crippen MR) is 78.1 cm³/mol. The van der Waals surface area contributed by atoms with Gasteiger partial charge in [-0.3, -0.25) is 9.59 Å². The largest absolute Gasteiger partial charge is 0.356 e. The Hall–Kier alpha value is -2.62. The lowest BCUT2D eigenvalue weighted by atomic mass is 10.2. The molecule has 4 heteroatoms. The van der Waals surface area contributed by atoms with Gasteiger partial charge in [0, 0.05) is 17.1 Å². The predicted octanol–water partition coefficient (Wildman–Crippen LogP) is 2.74. The summed E-state index contributed by atoms with van der Waals surface area (Å²) in [5.41, 5.74) is 2.71. The molecule has 1 fully saturated rings. The Morgan fingerprint density at radius 2 is 1.50 bits per heavy atom. The second kappa shape index (κ2) is 5.17. The highest BCUT2D eigenvalue weighted by atomic mass is 16.2. The molecule has 1 aliphatic rings. The molecule has 1 amide bonds. The average molecular weight is 266 g/mol. The molecule has 0 saturated carbocycles. The van der Waals surface area contributed by atoms with E-state index in [0.29, 0.717) is 0 Å². The second-order valence-electron chi connectivity index (χ2n) is 4.73. The van der Waals surface area contributed by atoms with Crippen LogP contribution in [0.15, 0.2) is 54.6 Å². The fraction of sp³-hybridized carbons (Fsp3) is 0.125. The summed E-state index contributed by atoms with van der Waals surface area (Å²) in [5.74, 6) is -0.153. The smallest absolute Gasteiger partial charge is 0.234 e. The van der Waals surface area contributed by atoms with Crippen molar-refractivity contribution < 1.29 is 9.59 Å². The van der Waals surface area contributed by atoms with Crippen LogP contribution in [0.25, 0.3) is 0 Å². The number of benzene rings is 2. The minimum Gasteiger partial charge on any atom is -0.356 e. The van der Waals surface area contributed by atoms with Crippen molar-refractivity contribution in [3.05, 3.63) is 54.6 Å². The number of rotatable bonds is 3. The van der Waals surface area contributed by atoms with Crippen LogP contribution in [0.4, 0.5) is 17.1 Å². The SMILES string of the molecule is O=C1CC(=O)N(c2ccc(Nc3ccccc3)cc2)C1. The third-order valence-electron chi connectivity index (χ3n) is 3.23. The van der Waals surface area contributed by atoms with Crippen LogP contribution in [0.2, 0.25) is 0 Å². The Morgan fingerprint density at radius 3 is 2.10 bits per heavy atom. The number of nitrogens with one attached hydrogen (secondary N) is 1. The van der Waals surface area contributed by atoms with Crippen LogP contribution >= 0.6 is 0 Å². The number of para-hydroxylation sites is 1. The molecule has 3 rings (SSSR count). The van der Waals surface area contributed by atoms with E-state index in [1.54, 1.807) is 0 Å². The topological polar surface area (TPSA) is 49.4 Å². The molecule has 1 N–H and O–H groups in total. The molecule has 2 aromatic rings. The first-order valence-corrected chi connectivity index (χ1v) is 6.46. The van der Waals surface area contributed by atoms with E-state index in [1.165, 1.54) is 4.90 Å². The summed E-state index contributed by atoms with van der Waals surface area (Å²) in [6, 6.07) is 17.4. The molecule has 4 nitrogen and oxygen atoms in total. The van der Waals surface area contributed by atoms with Gasteiger partial charge in [-0.1, -0.05) is 18.2 Å². The van der Waals surface area contributed by atoms with Gasteiger partial charge in [0.2, 0.25) is 5.91 Å². The van der Waals surface area contributed by atoms with Crippen molar-refractivity contribution >= 4 is 28.8 Å². The summed E-state index contributed by atoms with van der Waals surface area (Å²) < 4.78 is 0. The summed E-state index contributed by atoms with van der Waals surface area (Å²) in [4.78, 5) is 24.4. The molecule has 2 aromatic carbocycles. The normalized spacial score (nSPS) is 14.7. The van der Waals surface area contributed by atoms with E-state index in [1.807, 2.05) is 54.6 Å². The first-order valence-electron chi connectivity index (χ1n) is 6.46. The van der Waals surface area contributed by atoms with Crippen molar-refractivity contribution in [3.8, 4) is 0 Å². The second-order valence-corrected chi connectivity index (χ2v) is 4.73. The van der Waals surface area contributed by atoms with Crippen molar-refractivity contribution in [3.63, 3.8) is 0 Å². The highest BCUT2D eigenvalue weighted by molar-refractivity contribution is 6.15. The van der Waals surface area contributed by atoms with Gasteiger partial charge in [0.15, 0.2) is 5.78 Å². The number of amides is 1. The lowest BCUT2D eigenvalue weighted by molar-refractivity contribution is -0.121. The lowest BCUT2D eigenvalue weighted by Gasteiger charge is -2.15. The van der Waals surface area contributed by atoms with E-state index in [0.717, 1.165) is 17.1 Å². The number of nitrogens with zero attached hydrogens (tertiary/aromatic N) is 1. The number of anilines is 3. The number of carbonyl (C=O) groups excluding carboxylic acids is 2. The molecule has 20 heavy (non-hydrogen) atoms. The Morgan fingerprint density at radius 1 is 0.850 bits per heavy atom. The quantitative estimate of drug-likeness (QED) is 0.869. The monoisotopic (exact) mass is 266 g/mol. The molecule has 1 saturated heterocycles. The third kappa shape index (κ3) is 2.54. The number of Topliss-reactive ketones (excluding diaryl/α,β-unsaturated/α-hetero) is 1. The molecule has 0 unspecified atom stereocenters. The molecular formula is C16H14N2O2.